The van der Waals surface area contributed by atoms with Crippen LogP contribution in [0.15, 0.2) is 29.3 Å². The number of hydrogen-bond donors (Lipinski definition) is 1. The number of thioether (sulfide) groups is 1. The fourth-order valence-corrected chi connectivity index (χ4v) is 2.45. The van der Waals surface area contributed by atoms with Gasteiger partial charge in [0.1, 0.15) is 5.82 Å². The van der Waals surface area contributed by atoms with Crippen LogP contribution in [0.3, 0.4) is 0 Å². The lowest BCUT2D eigenvalue weighted by Crippen LogP contribution is -2.27. The minimum absolute atomic E-state index is 0.303. The summed E-state index contributed by atoms with van der Waals surface area (Å²) in [6, 6.07) is 5.27. The van der Waals surface area contributed by atoms with Gasteiger partial charge in [0.05, 0.1) is 5.71 Å². The molecule has 0 bridgehead atoms. The van der Waals surface area contributed by atoms with Gasteiger partial charge in [-0.3, -0.25) is 4.99 Å². The molecule has 1 heterocycles. The normalized spacial score (nSPS) is 20.3. The van der Waals surface area contributed by atoms with Gasteiger partial charge in [-0.1, -0.05) is 12.1 Å². The maximum Gasteiger partial charge on any atom is 0.329 e. The van der Waals surface area contributed by atoms with Gasteiger partial charge in [-0.2, -0.15) is 11.8 Å². The Hall–Kier alpha value is -1.36. The molecule has 0 spiro atoms. The standard InChI is InChI=1S/C11H10FNO2S/c12-8-3-1-7(2-4-8)9-5-16-6-10(13-9)11(14)15/h1-4,10H,5-6H2,(H,14,15)/t10-/m1/s1. The van der Waals surface area contributed by atoms with E-state index in [1.807, 2.05) is 0 Å². The van der Waals surface area contributed by atoms with Crippen LogP contribution in [0, 0.1) is 5.82 Å². The Kier molecular flexibility index (Phi) is 3.24. The average molecular weight is 239 g/mol. The molecule has 0 saturated heterocycles. The van der Waals surface area contributed by atoms with Crippen LogP contribution >= 0.6 is 11.8 Å². The predicted molar refractivity (Wildman–Crippen MR) is 61.7 cm³/mol. The molecule has 1 atom stereocenters. The van der Waals surface area contributed by atoms with Crippen LogP contribution in [0.2, 0.25) is 0 Å². The quantitative estimate of drug-likeness (QED) is 0.856. The van der Waals surface area contributed by atoms with Crippen molar-refractivity contribution in [2.75, 3.05) is 11.5 Å². The van der Waals surface area contributed by atoms with Crippen molar-refractivity contribution in [3.63, 3.8) is 0 Å². The first-order chi connectivity index (χ1) is 7.66. The number of rotatable bonds is 2. The van der Waals surface area contributed by atoms with Crippen LogP contribution in [0.4, 0.5) is 4.39 Å². The van der Waals surface area contributed by atoms with Gasteiger partial charge in [-0.15, -0.1) is 0 Å². The van der Waals surface area contributed by atoms with Crippen LogP contribution in [0.1, 0.15) is 5.56 Å². The van der Waals surface area contributed by atoms with Crippen LogP contribution in [0.5, 0.6) is 0 Å². The maximum atomic E-state index is 12.7. The third-order valence-corrected chi connectivity index (χ3v) is 3.32. The fourth-order valence-electron chi connectivity index (χ4n) is 1.46. The van der Waals surface area contributed by atoms with Gasteiger partial charge in [-0.05, 0) is 17.7 Å². The van der Waals surface area contributed by atoms with Crippen molar-refractivity contribution in [1.29, 1.82) is 0 Å². The van der Waals surface area contributed by atoms with Gasteiger partial charge < -0.3 is 5.11 Å². The summed E-state index contributed by atoms with van der Waals surface area (Å²) in [6.07, 6.45) is 0. The zero-order valence-corrected chi connectivity index (χ0v) is 9.21. The summed E-state index contributed by atoms with van der Waals surface area (Å²) in [7, 11) is 0. The first kappa shape index (κ1) is 11.1. The molecule has 1 aliphatic heterocycles. The Balaban J connectivity index is 2.26. The monoisotopic (exact) mass is 239 g/mol. The van der Waals surface area contributed by atoms with E-state index in [4.69, 9.17) is 5.11 Å². The van der Waals surface area contributed by atoms with E-state index in [0.717, 1.165) is 11.3 Å². The average Bonchev–Trinajstić information content (AvgIpc) is 2.30. The van der Waals surface area contributed by atoms with Crippen molar-refractivity contribution in [3.8, 4) is 0 Å². The second kappa shape index (κ2) is 4.65. The third-order valence-electron chi connectivity index (χ3n) is 2.29. The van der Waals surface area contributed by atoms with Crippen molar-refractivity contribution in [3.05, 3.63) is 35.6 Å². The van der Waals surface area contributed by atoms with E-state index in [1.165, 1.54) is 23.9 Å². The van der Waals surface area contributed by atoms with Gasteiger partial charge in [0.25, 0.3) is 0 Å². The molecule has 0 unspecified atom stereocenters. The molecular formula is C11H10FNO2S. The zero-order valence-electron chi connectivity index (χ0n) is 8.39. The number of benzene rings is 1. The minimum Gasteiger partial charge on any atom is -0.480 e. The number of aliphatic imine (C=N–C) groups is 1. The van der Waals surface area contributed by atoms with Gasteiger partial charge in [0.2, 0.25) is 0 Å². The summed E-state index contributed by atoms with van der Waals surface area (Å²) in [5, 5.41) is 8.87. The number of carbonyl (C=O) groups is 1. The number of halogens is 1. The molecule has 16 heavy (non-hydrogen) atoms. The number of aliphatic carboxylic acids is 1. The molecule has 1 aromatic carbocycles. The summed E-state index contributed by atoms with van der Waals surface area (Å²) < 4.78 is 12.7. The lowest BCUT2D eigenvalue weighted by molar-refractivity contribution is -0.137. The predicted octanol–water partition coefficient (Wildman–Crippen LogP) is 1.81. The third kappa shape index (κ3) is 2.41. The van der Waals surface area contributed by atoms with E-state index >= 15 is 0 Å². The van der Waals surface area contributed by atoms with E-state index in [-0.39, 0.29) is 5.82 Å². The van der Waals surface area contributed by atoms with Crippen molar-refractivity contribution < 1.29 is 14.3 Å². The number of carboxylic acid groups (broad SMARTS) is 1. The van der Waals surface area contributed by atoms with Crippen molar-refractivity contribution in [1.82, 2.24) is 0 Å². The summed E-state index contributed by atoms with van der Waals surface area (Å²) in [4.78, 5) is 15.0. The van der Waals surface area contributed by atoms with E-state index < -0.39 is 12.0 Å². The van der Waals surface area contributed by atoms with E-state index in [0.29, 0.717) is 11.5 Å². The second-order valence-corrected chi connectivity index (χ2v) is 4.48. The second-order valence-electron chi connectivity index (χ2n) is 3.45. The fraction of sp³-hybridized carbons (Fsp3) is 0.273. The molecule has 0 fully saturated rings. The van der Waals surface area contributed by atoms with Crippen molar-refractivity contribution >= 4 is 23.4 Å². The van der Waals surface area contributed by atoms with Crippen LogP contribution in [-0.4, -0.2) is 34.3 Å². The topological polar surface area (TPSA) is 49.7 Å². The molecule has 2 rings (SSSR count). The van der Waals surface area contributed by atoms with Crippen molar-refractivity contribution in [2.45, 2.75) is 6.04 Å². The largest absolute Gasteiger partial charge is 0.480 e. The summed E-state index contributed by atoms with van der Waals surface area (Å²) >= 11 is 1.53. The molecule has 5 heteroatoms. The molecule has 3 nitrogen and oxygen atoms in total. The lowest BCUT2D eigenvalue weighted by atomic mass is 10.1. The Morgan fingerprint density at radius 1 is 1.44 bits per heavy atom. The van der Waals surface area contributed by atoms with E-state index in [1.54, 1.807) is 12.1 Å². The zero-order chi connectivity index (χ0) is 11.5. The van der Waals surface area contributed by atoms with Gasteiger partial charge >= 0.3 is 5.97 Å². The summed E-state index contributed by atoms with van der Waals surface area (Å²) in [5.41, 5.74) is 1.52. The highest BCUT2D eigenvalue weighted by Crippen LogP contribution is 2.18. The number of nitrogens with zero attached hydrogens (tertiary/aromatic N) is 1. The molecule has 0 aromatic heterocycles. The maximum absolute atomic E-state index is 12.7. The van der Waals surface area contributed by atoms with Gasteiger partial charge in [0, 0.05) is 11.5 Å². The first-order valence-corrected chi connectivity index (χ1v) is 5.95. The van der Waals surface area contributed by atoms with Crippen LogP contribution in [0.25, 0.3) is 0 Å². The Labute approximate surface area is 96.4 Å². The molecule has 0 saturated carbocycles. The molecule has 0 amide bonds. The molecule has 0 radical (unpaired) electrons. The van der Waals surface area contributed by atoms with E-state index in [2.05, 4.69) is 4.99 Å². The smallest absolute Gasteiger partial charge is 0.329 e. The molecule has 1 N–H and O–H groups in total. The molecule has 0 aliphatic carbocycles. The highest BCUT2D eigenvalue weighted by Gasteiger charge is 2.22. The SMILES string of the molecule is O=C(O)[C@H]1CSCC(c2ccc(F)cc2)=N1. The van der Waals surface area contributed by atoms with Gasteiger partial charge in [0.15, 0.2) is 6.04 Å². The molecular weight excluding hydrogens is 229 g/mol. The van der Waals surface area contributed by atoms with Crippen molar-refractivity contribution in [2.24, 2.45) is 4.99 Å². The summed E-state index contributed by atoms with van der Waals surface area (Å²) in [5.74, 6) is -0.0375. The number of carboxylic acids is 1. The highest BCUT2D eigenvalue weighted by atomic mass is 32.2. The summed E-state index contributed by atoms with van der Waals surface area (Å²) in [6.45, 7) is 0. The lowest BCUT2D eigenvalue weighted by Gasteiger charge is -2.17. The molecule has 1 aromatic rings. The van der Waals surface area contributed by atoms with Crippen LogP contribution < -0.4 is 0 Å². The number of hydrogen-bond acceptors (Lipinski definition) is 3. The Morgan fingerprint density at radius 2 is 2.12 bits per heavy atom. The Morgan fingerprint density at radius 3 is 2.75 bits per heavy atom. The molecule has 1 aliphatic rings. The van der Waals surface area contributed by atoms with Gasteiger partial charge in [-0.25, -0.2) is 9.18 Å². The minimum atomic E-state index is -0.910. The highest BCUT2D eigenvalue weighted by molar-refractivity contribution is 8.00. The first-order valence-electron chi connectivity index (χ1n) is 4.80. The van der Waals surface area contributed by atoms with E-state index in [9.17, 15) is 9.18 Å². The molecule has 84 valence electrons. The van der Waals surface area contributed by atoms with Crippen LogP contribution in [-0.2, 0) is 4.79 Å². The Bertz CT molecular complexity index is 430.